The van der Waals surface area contributed by atoms with Crippen LogP contribution in [0.1, 0.15) is 26.7 Å². The predicted molar refractivity (Wildman–Crippen MR) is 82.3 cm³/mol. The summed E-state index contributed by atoms with van der Waals surface area (Å²) in [5.41, 5.74) is 0.412. The van der Waals surface area contributed by atoms with Gasteiger partial charge in [-0.1, -0.05) is 43.1 Å². The minimum atomic E-state index is -0.222. The van der Waals surface area contributed by atoms with Gasteiger partial charge >= 0.3 is 0 Å². The van der Waals surface area contributed by atoms with Crippen molar-refractivity contribution in [2.75, 3.05) is 0 Å². The van der Waals surface area contributed by atoms with Crippen LogP contribution in [0.25, 0.3) is 0 Å². The van der Waals surface area contributed by atoms with Crippen molar-refractivity contribution in [3.05, 3.63) is 39.6 Å². The molecule has 0 amide bonds. The molecule has 3 nitrogen and oxygen atoms in total. The highest BCUT2D eigenvalue weighted by Gasteiger charge is 2.32. The molecule has 0 spiro atoms. The fraction of sp³-hybridized carbons (Fsp3) is 0.333. The van der Waals surface area contributed by atoms with Gasteiger partial charge in [0, 0.05) is 19.1 Å². The highest BCUT2D eigenvalue weighted by Crippen LogP contribution is 2.36. The summed E-state index contributed by atoms with van der Waals surface area (Å²) in [4.78, 5) is 16.2. The first-order chi connectivity index (χ1) is 9.30. The standard InChI is InChI=1S/C15H15Cl2NO2/c1-15(2)6-12(19)9(13(20)7-15)8-18-14-10(16)4-3-5-11(14)17/h3-5,8,19H,6-7H2,1-2H3. The Bertz CT molecular complexity index is 598. The lowest BCUT2D eigenvalue weighted by atomic mass is 9.77. The Kier molecular flexibility index (Phi) is 4.21. The first-order valence-electron chi connectivity index (χ1n) is 6.23. The maximum Gasteiger partial charge on any atom is 0.168 e. The van der Waals surface area contributed by atoms with Crippen molar-refractivity contribution in [3.8, 4) is 0 Å². The molecule has 5 heteroatoms. The topological polar surface area (TPSA) is 49.7 Å². The smallest absolute Gasteiger partial charge is 0.168 e. The molecule has 0 saturated heterocycles. The lowest BCUT2D eigenvalue weighted by Gasteiger charge is -2.28. The number of aliphatic imine (C=N–C) groups is 1. The van der Waals surface area contributed by atoms with E-state index in [9.17, 15) is 9.90 Å². The van der Waals surface area contributed by atoms with Crippen molar-refractivity contribution in [2.24, 2.45) is 10.4 Å². The number of carbonyl (C=O) groups excluding carboxylic acids is 1. The maximum atomic E-state index is 12.0. The second-order valence-electron chi connectivity index (χ2n) is 5.63. The van der Waals surface area contributed by atoms with Gasteiger partial charge in [-0.05, 0) is 17.5 Å². The van der Waals surface area contributed by atoms with Gasteiger partial charge in [-0.2, -0.15) is 0 Å². The Morgan fingerprint density at radius 2 is 1.85 bits per heavy atom. The zero-order valence-electron chi connectivity index (χ0n) is 11.3. The molecule has 1 aromatic rings. The van der Waals surface area contributed by atoms with E-state index in [0.29, 0.717) is 28.6 Å². The van der Waals surface area contributed by atoms with Crippen LogP contribution in [0.15, 0.2) is 34.5 Å². The zero-order chi connectivity index (χ0) is 14.9. The van der Waals surface area contributed by atoms with Crippen molar-refractivity contribution in [1.29, 1.82) is 0 Å². The molecule has 0 heterocycles. The van der Waals surface area contributed by atoms with Gasteiger partial charge in [-0.25, -0.2) is 0 Å². The number of allylic oxidation sites excluding steroid dienone is 2. The average molecular weight is 312 g/mol. The van der Waals surface area contributed by atoms with E-state index >= 15 is 0 Å². The minimum absolute atomic E-state index is 0.0678. The number of hydrogen-bond donors (Lipinski definition) is 1. The summed E-state index contributed by atoms with van der Waals surface area (Å²) in [7, 11) is 0. The second kappa shape index (κ2) is 5.58. The van der Waals surface area contributed by atoms with E-state index in [-0.39, 0.29) is 22.5 Å². The van der Waals surface area contributed by atoms with Crippen molar-refractivity contribution < 1.29 is 9.90 Å². The van der Waals surface area contributed by atoms with E-state index < -0.39 is 0 Å². The lowest BCUT2D eigenvalue weighted by Crippen LogP contribution is -2.26. The summed E-state index contributed by atoms with van der Waals surface area (Å²) in [6.45, 7) is 3.89. The predicted octanol–water partition coefficient (Wildman–Crippen LogP) is 4.90. The van der Waals surface area contributed by atoms with Crippen molar-refractivity contribution >= 4 is 40.9 Å². The Morgan fingerprint density at radius 1 is 1.25 bits per heavy atom. The van der Waals surface area contributed by atoms with E-state index in [0.717, 1.165) is 0 Å². The number of para-hydroxylation sites is 1. The van der Waals surface area contributed by atoms with Crippen molar-refractivity contribution in [1.82, 2.24) is 0 Å². The number of nitrogens with zero attached hydrogens (tertiary/aromatic N) is 1. The Balaban J connectivity index is 2.34. The van der Waals surface area contributed by atoms with Gasteiger partial charge in [-0.15, -0.1) is 0 Å². The molecule has 2 rings (SSSR count). The van der Waals surface area contributed by atoms with Crippen LogP contribution in [0.5, 0.6) is 0 Å². The van der Waals surface area contributed by atoms with Crippen LogP contribution in [0.3, 0.4) is 0 Å². The summed E-state index contributed by atoms with van der Waals surface area (Å²) in [6, 6.07) is 5.05. The SMILES string of the molecule is CC1(C)CC(=O)C(C=Nc2c(Cl)cccc2Cl)=C(O)C1. The van der Waals surface area contributed by atoms with E-state index in [4.69, 9.17) is 23.2 Å². The monoisotopic (exact) mass is 311 g/mol. The summed E-state index contributed by atoms with van der Waals surface area (Å²) in [5, 5.41) is 10.8. The number of ketones is 1. The van der Waals surface area contributed by atoms with E-state index in [1.165, 1.54) is 6.21 Å². The molecular formula is C15H15Cl2NO2. The highest BCUT2D eigenvalue weighted by molar-refractivity contribution is 6.39. The third-order valence-electron chi connectivity index (χ3n) is 3.16. The highest BCUT2D eigenvalue weighted by atomic mass is 35.5. The van der Waals surface area contributed by atoms with Crippen LogP contribution >= 0.6 is 23.2 Å². The quantitative estimate of drug-likeness (QED) is 0.790. The van der Waals surface area contributed by atoms with Crippen LogP contribution in [0, 0.1) is 5.41 Å². The minimum Gasteiger partial charge on any atom is -0.511 e. The van der Waals surface area contributed by atoms with Gasteiger partial charge < -0.3 is 5.11 Å². The van der Waals surface area contributed by atoms with Gasteiger partial charge in [0.05, 0.1) is 15.6 Å². The van der Waals surface area contributed by atoms with Crippen LogP contribution < -0.4 is 0 Å². The molecule has 0 bridgehead atoms. The average Bonchev–Trinajstić information content (AvgIpc) is 2.29. The Hall–Kier alpha value is -1.32. The number of aliphatic hydroxyl groups is 1. The summed E-state index contributed by atoms with van der Waals surface area (Å²) in [5.74, 6) is -0.0520. The molecular weight excluding hydrogens is 297 g/mol. The van der Waals surface area contributed by atoms with E-state index in [1.807, 2.05) is 13.8 Å². The summed E-state index contributed by atoms with van der Waals surface area (Å²) in [6.07, 6.45) is 2.19. The molecule has 0 fully saturated rings. The molecule has 20 heavy (non-hydrogen) atoms. The van der Waals surface area contributed by atoms with Gasteiger partial charge in [-0.3, -0.25) is 9.79 Å². The maximum absolute atomic E-state index is 12.0. The first-order valence-corrected chi connectivity index (χ1v) is 6.99. The van der Waals surface area contributed by atoms with Crippen LogP contribution in [-0.2, 0) is 4.79 Å². The molecule has 0 aliphatic heterocycles. The number of hydrogen-bond acceptors (Lipinski definition) is 3. The largest absolute Gasteiger partial charge is 0.511 e. The van der Waals surface area contributed by atoms with E-state index in [1.54, 1.807) is 18.2 Å². The lowest BCUT2D eigenvalue weighted by molar-refractivity contribution is -0.117. The number of halogens is 2. The first kappa shape index (κ1) is 15.1. The normalized spacial score (nSPS) is 18.9. The number of Topliss-reactive ketones (excluding diaryl/α,β-unsaturated/α-hetero) is 1. The fourth-order valence-corrected chi connectivity index (χ4v) is 2.68. The van der Waals surface area contributed by atoms with E-state index in [2.05, 4.69) is 4.99 Å². The van der Waals surface area contributed by atoms with Crippen molar-refractivity contribution in [3.63, 3.8) is 0 Å². The van der Waals surface area contributed by atoms with Gasteiger partial charge in [0.1, 0.15) is 11.4 Å². The summed E-state index contributed by atoms with van der Waals surface area (Å²) < 4.78 is 0. The molecule has 0 radical (unpaired) electrons. The number of carbonyl (C=O) groups is 1. The molecule has 1 aliphatic carbocycles. The molecule has 0 atom stereocenters. The zero-order valence-corrected chi connectivity index (χ0v) is 12.8. The number of aliphatic hydroxyl groups excluding tert-OH is 1. The van der Waals surface area contributed by atoms with Crippen LogP contribution in [0.2, 0.25) is 10.0 Å². The van der Waals surface area contributed by atoms with Gasteiger partial charge in [0.15, 0.2) is 5.78 Å². The number of rotatable bonds is 2. The van der Waals surface area contributed by atoms with Gasteiger partial charge in [0.25, 0.3) is 0 Å². The summed E-state index contributed by atoms with van der Waals surface area (Å²) >= 11 is 12.0. The third kappa shape index (κ3) is 3.22. The third-order valence-corrected chi connectivity index (χ3v) is 3.77. The Morgan fingerprint density at radius 3 is 2.40 bits per heavy atom. The fourth-order valence-electron chi connectivity index (χ4n) is 2.19. The number of benzene rings is 1. The van der Waals surface area contributed by atoms with Crippen LogP contribution in [0.4, 0.5) is 5.69 Å². The van der Waals surface area contributed by atoms with Crippen LogP contribution in [-0.4, -0.2) is 17.1 Å². The van der Waals surface area contributed by atoms with Gasteiger partial charge in [0.2, 0.25) is 0 Å². The molecule has 1 N–H and O–H groups in total. The second-order valence-corrected chi connectivity index (χ2v) is 6.44. The Labute approximate surface area is 127 Å². The molecule has 0 unspecified atom stereocenters. The molecule has 1 aliphatic rings. The molecule has 0 saturated carbocycles. The molecule has 1 aromatic carbocycles. The molecule has 0 aromatic heterocycles. The molecule has 106 valence electrons. The van der Waals surface area contributed by atoms with Crippen molar-refractivity contribution in [2.45, 2.75) is 26.7 Å².